The van der Waals surface area contributed by atoms with E-state index >= 15 is 0 Å². The van der Waals surface area contributed by atoms with Crippen molar-refractivity contribution in [1.82, 2.24) is 10.3 Å². The third-order valence-corrected chi connectivity index (χ3v) is 6.00. The van der Waals surface area contributed by atoms with Crippen LogP contribution in [-0.2, 0) is 4.79 Å². The van der Waals surface area contributed by atoms with Gasteiger partial charge in [0.2, 0.25) is 0 Å². The highest BCUT2D eigenvalue weighted by molar-refractivity contribution is 7.14. The number of rotatable bonds is 5. The molecule has 1 aliphatic heterocycles. The number of alkyl halides is 3. The Hall–Kier alpha value is -3.25. The van der Waals surface area contributed by atoms with E-state index in [0.717, 1.165) is 36.8 Å². The van der Waals surface area contributed by atoms with Gasteiger partial charge in [-0.15, -0.1) is 11.3 Å². The Bertz CT molecular complexity index is 1130. The first kappa shape index (κ1) is 26.4. The second-order valence-electron chi connectivity index (χ2n) is 7.49. The number of benzene rings is 2. The van der Waals surface area contributed by atoms with Crippen molar-refractivity contribution >= 4 is 28.1 Å². The number of hydrogen-bond acceptors (Lipinski definition) is 6. The number of carboxylic acid groups (broad SMARTS) is 1. The molecule has 2 N–H and O–H groups in total. The number of halogens is 5. The number of aliphatic carboxylic acids is 1. The van der Waals surface area contributed by atoms with E-state index in [4.69, 9.17) is 19.6 Å². The fraction of sp³-hybridized carbons (Fsp3) is 0.304. The van der Waals surface area contributed by atoms with E-state index in [2.05, 4.69) is 10.2 Å². The van der Waals surface area contributed by atoms with Crippen molar-refractivity contribution < 1.29 is 36.6 Å². The van der Waals surface area contributed by atoms with Gasteiger partial charge in [0.05, 0.1) is 12.8 Å². The topological polar surface area (TPSA) is 74.7 Å². The molecule has 12 heteroatoms. The van der Waals surface area contributed by atoms with Crippen LogP contribution in [0.5, 0.6) is 5.75 Å². The molecule has 4 rings (SSSR count). The molecule has 1 aliphatic rings. The molecule has 188 valence electrons. The zero-order valence-corrected chi connectivity index (χ0v) is 19.3. The molecule has 0 bridgehead atoms. The van der Waals surface area contributed by atoms with E-state index in [-0.39, 0.29) is 17.7 Å². The standard InChI is InChI=1S/C21H21F2N3OS.C2HF3O2/c1-27-20-7-4-15(23)12-18(20)19-13-28-21(25-19)26(17-8-10-24-11-9-17)16-5-2-14(22)3-6-16;3-2(4,5)1(6)7/h2-7,12-13,17,24H,8-11H2,1H3;(H,6,7). The van der Waals surface area contributed by atoms with Crippen molar-refractivity contribution in [3.63, 3.8) is 0 Å². The van der Waals surface area contributed by atoms with Gasteiger partial charge < -0.3 is 20.1 Å². The van der Waals surface area contributed by atoms with Crippen LogP contribution in [0.15, 0.2) is 47.8 Å². The average Bonchev–Trinajstić information content (AvgIpc) is 3.30. The number of methoxy groups -OCH3 is 1. The van der Waals surface area contributed by atoms with Gasteiger partial charge in [-0.1, -0.05) is 0 Å². The molecule has 0 spiro atoms. The van der Waals surface area contributed by atoms with Crippen molar-refractivity contribution in [2.24, 2.45) is 0 Å². The minimum absolute atomic E-state index is 0.264. The number of carbonyl (C=O) groups is 1. The number of ether oxygens (including phenoxy) is 1. The first-order valence-corrected chi connectivity index (χ1v) is 11.3. The van der Waals surface area contributed by atoms with Gasteiger partial charge in [-0.2, -0.15) is 13.2 Å². The fourth-order valence-electron chi connectivity index (χ4n) is 3.52. The number of thiazole rings is 1. The second-order valence-corrected chi connectivity index (χ2v) is 8.33. The highest BCUT2D eigenvalue weighted by atomic mass is 32.1. The number of nitrogens with one attached hydrogen (secondary N) is 1. The van der Waals surface area contributed by atoms with Crippen LogP contribution in [0.4, 0.5) is 32.8 Å². The van der Waals surface area contributed by atoms with Gasteiger partial charge in [0, 0.05) is 22.7 Å². The predicted molar refractivity (Wildman–Crippen MR) is 122 cm³/mol. The summed E-state index contributed by atoms with van der Waals surface area (Å²) in [7, 11) is 1.56. The molecule has 1 fully saturated rings. The van der Waals surface area contributed by atoms with Crippen LogP contribution in [0.3, 0.4) is 0 Å². The van der Waals surface area contributed by atoms with E-state index in [1.165, 1.54) is 35.6 Å². The number of anilines is 2. The van der Waals surface area contributed by atoms with Gasteiger partial charge in [-0.25, -0.2) is 18.6 Å². The van der Waals surface area contributed by atoms with Crippen LogP contribution in [0, 0.1) is 11.6 Å². The molecule has 2 aromatic carbocycles. The minimum atomic E-state index is -5.08. The van der Waals surface area contributed by atoms with Gasteiger partial charge >= 0.3 is 12.1 Å². The number of carboxylic acids is 1. The lowest BCUT2D eigenvalue weighted by molar-refractivity contribution is -0.192. The molecule has 6 nitrogen and oxygen atoms in total. The maximum absolute atomic E-state index is 13.8. The van der Waals surface area contributed by atoms with Crippen molar-refractivity contribution in [3.8, 4) is 17.0 Å². The molecule has 0 radical (unpaired) electrons. The van der Waals surface area contributed by atoms with Gasteiger partial charge in [-0.3, -0.25) is 0 Å². The van der Waals surface area contributed by atoms with Crippen LogP contribution < -0.4 is 15.0 Å². The zero-order chi connectivity index (χ0) is 25.6. The Morgan fingerprint density at radius 1 is 1.11 bits per heavy atom. The molecule has 0 unspecified atom stereocenters. The molecule has 0 amide bonds. The smallest absolute Gasteiger partial charge is 0.490 e. The normalized spacial score (nSPS) is 14.1. The Labute approximate surface area is 202 Å². The Morgan fingerprint density at radius 3 is 2.29 bits per heavy atom. The molecule has 0 saturated carbocycles. The predicted octanol–water partition coefficient (Wildman–Crippen LogP) is 5.62. The number of hydrogen-bond donors (Lipinski definition) is 2. The van der Waals surface area contributed by atoms with E-state index < -0.39 is 12.1 Å². The molecule has 0 aliphatic carbocycles. The lowest BCUT2D eigenvalue weighted by Crippen LogP contribution is -2.40. The second kappa shape index (κ2) is 11.5. The quantitative estimate of drug-likeness (QED) is 0.430. The third kappa shape index (κ3) is 6.89. The summed E-state index contributed by atoms with van der Waals surface area (Å²) < 4.78 is 64.4. The van der Waals surface area contributed by atoms with Gasteiger partial charge in [0.1, 0.15) is 17.4 Å². The van der Waals surface area contributed by atoms with Crippen LogP contribution in [-0.4, -0.2) is 48.5 Å². The molecule has 0 atom stereocenters. The summed E-state index contributed by atoms with van der Waals surface area (Å²) in [6.45, 7) is 1.86. The van der Waals surface area contributed by atoms with E-state index in [1.54, 1.807) is 25.3 Å². The molecular weight excluding hydrogens is 493 g/mol. The highest BCUT2D eigenvalue weighted by Crippen LogP contribution is 2.38. The summed E-state index contributed by atoms with van der Waals surface area (Å²) in [6.07, 6.45) is -3.15. The average molecular weight is 516 g/mol. The Kier molecular flexibility index (Phi) is 8.62. The van der Waals surface area contributed by atoms with Crippen molar-refractivity contribution in [2.75, 3.05) is 25.1 Å². The van der Waals surface area contributed by atoms with Crippen LogP contribution >= 0.6 is 11.3 Å². The highest BCUT2D eigenvalue weighted by Gasteiger charge is 2.38. The molecular formula is C23H22F5N3O3S. The SMILES string of the molecule is COc1ccc(F)cc1-c1csc(N(c2ccc(F)cc2)C2CCNCC2)n1.O=C(O)C(F)(F)F. The van der Waals surface area contributed by atoms with E-state index in [0.29, 0.717) is 17.0 Å². The van der Waals surface area contributed by atoms with Crippen molar-refractivity contribution in [1.29, 1.82) is 0 Å². The number of piperidine rings is 1. The molecule has 1 saturated heterocycles. The largest absolute Gasteiger partial charge is 0.496 e. The first-order chi connectivity index (χ1) is 16.6. The number of aromatic nitrogens is 1. The third-order valence-electron chi connectivity index (χ3n) is 5.16. The summed E-state index contributed by atoms with van der Waals surface area (Å²) in [6, 6.07) is 11.2. The van der Waals surface area contributed by atoms with Crippen LogP contribution in [0.1, 0.15) is 12.8 Å². The lowest BCUT2D eigenvalue weighted by atomic mass is 10.0. The lowest BCUT2D eigenvalue weighted by Gasteiger charge is -2.34. The minimum Gasteiger partial charge on any atom is -0.496 e. The van der Waals surface area contributed by atoms with Crippen LogP contribution in [0.2, 0.25) is 0 Å². The molecule has 35 heavy (non-hydrogen) atoms. The maximum Gasteiger partial charge on any atom is 0.490 e. The van der Waals surface area contributed by atoms with Gasteiger partial charge in [-0.05, 0) is 68.4 Å². The monoisotopic (exact) mass is 515 g/mol. The van der Waals surface area contributed by atoms with E-state index in [9.17, 15) is 22.0 Å². The molecule has 3 aromatic rings. The van der Waals surface area contributed by atoms with Crippen molar-refractivity contribution in [3.05, 3.63) is 59.5 Å². The maximum atomic E-state index is 13.8. The zero-order valence-electron chi connectivity index (χ0n) is 18.5. The van der Waals surface area contributed by atoms with Gasteiger partial charge in [0.25, 0.3) is 0 Å². The van der Waals surface area contributed by atoms with Gasteiger partial charge in [0.15, 0.2) is 5.13 Å². The summed E-state index contributed by atoms with van der Waals surface area (Å²) in [5.74, 6) is -2.78. The van der Waals surface area contributed by atoms with Crippen LogP contribution in [0.25, 0.3) is 11.3 Å². The summed E-state index contributed by atoms with van der Waals surface area (Å²) in [4.78, 5) is 15.9. The summed E-state index contributed by atoms with van der Waals surface area (Å²) >= 11 is 1.49. The molecule has 1 aromatic heterocycles. The molecule has 2 heterocycles. The first-order valence-electron chi connectivity index (χ1n) is 10.4. The summed E-state index contributed by atoms with van der Waals surface area (Å²) in [5, 5.41) is 13.2. The fourth-order valence-corrected chi connectivity index (χ4v) is 4.44. The summed E-state index contributed by atoms with van der Waals surface area (Å²) in [5.41, 5.74) is 2.19. The number of nitrogens with zero attached hydrogens (tertiary/aromatic N) is 2. The van der Waals surface area contributed by atoms with Crippen molar-refractivity contribution in [2.45, 2.75) is 25.1 Å². The Balaban J connectivity index is 0.000000429. The Morgan fingerprint density at radius 2 is 1.71 bits per heavy atom. The van der Waals surface area contributed by atoms with E-state index in [1.807, 2.05) is 5.38 Å².